The summed E-state index contributed by atoms with van der Waals surface area (Å²) in [4.78, 5) is 38.4. The van der Waals surface area contributed by atoms with Gasteiger partial charge < -0.3 is 14.8 Å². The number of benzene rings is 2. The number of carbonyl (C=O) groups excluding carboxylic acids is 2. The Hall–Kier alpha value is -3.69. The van der Waals surface area contributed by atoms with Crippen LogP contribution in [0.3, 0.4) is 0 Å². The zero-order valence-corrected chi connectivity index (χ0v) is 19.0. The van der Waals surface area contributed by atoms with Gasteiger partial charge in [-0.1, -0.05) is 35.9 Å². The number of hydrogen-bond donors (Lipinski definition) is 1. The van der Waals surface area contributed by atoms with Crippen molar-refractivity contribution < 1.29 is 19.1 Å². The number of halogens is 1. The second-order valence-electron chi connectivity index (χ2n) is 6.77. The van der Waals surface area contributed by atoms with Crippen molar-refractivity contribution in [2.75, 3.05) is 18.5 Å². The number of nitrogens with one attached hydrogen (secondary N) is 1. The Bertz CT molecular complexity index is 1380. The summed E-state index contributed by atoms with van der Waals surface area (Å²) in [5.41, 5.74) is -0.180. The molecule has 1 N–H and O–H groups in total. The van der Waals surface area contributed by atoms with Crippen molar-refractivity contribution in [3.05, 3.63) is 81.0 Å². The van der Waals surface area contributed by atoms with Crippen LogP contribution < -0.4 is 15.6 Å². The SMILES string of the molecule is CCOC(=O)c1nn(-c2cccc(Cl)c2)c(=O)c2c(NC(=O)COc3ccccc3)scc12. The van der Waals surface area contributed by atoms with Gasteiger partial charge in [-0.15, -0.1) is 11.3 Å². The van der Waals surface area contributed by atoms with Crippen LogP contribution in [-0.4, -0.2) is 34.9 Å². The van der Waals surface area contributed by atoms with Crippen LogP contribution in [-0.2, 0) is 9.53 Å². The van der Waals surface area contributed by atoms with Gasteiger partial charge in [0.2, 0.25) is 0 Å². The lowest BCUT2D eigenvalue weighted by atomic mass is 10.2. The highest BCUT2D eigenvalue weighted by Crippen LogP contribution is 2.31. The molecule has 168 valence electrons. The number of esters is 1. The summed E-state index contributed by atoms with van der Waals surface area (Å²) in [5, 5.41) is 9.64. The van der Waals surface area contributed by atoms with E-state index in [0.717, 1.165) is 16.0 Å². The van der Waals surface area contributed by atoms with Crippen LogP contribution in [0.4, 0.5) is 5.00 Å². The molecule has 4 rings (SSSR count). The Labute approximate surface area is 197 Å². The molecule has 2 aromatic heterocycles. The van der Waals surface area contributed by atoms with E-state index in [4.69, 9.17) is 21.1 Å². The first-order valence-electron chi connectivity index (χ1n) is 9.93. The Kier molecular flexibility index (Phi) is 6.71. The van der Waals surface area contributed by atoms with Gasteiger partial charge in [-0.05, 0) is 37.3 Å². The summed E-state index contributed by atoms with van der Waals surface area (Å²) in [6, 6.07) is 15.4. The smallest absolute Gasteiger partial charge is 0.359 e. The minimum absolute atomic E-state index is 0.0382. The lowest BCUT2D eigenvalue weighted by Crippen LogP contribution is -2.26. The third-order valence-corrected chi connectivity index (χ3v) is 5.67. The van der Waals surface area contributed by atoms with Gasteiger partial charge in [0.15, 0.2) is 12.3 Å². The van der Waals surface area contributed by atoms with Crippen molar-refractivity contribution in [2.24, 2.45) is 0 Å². The van der Waals surface area contributed by atoms with E-state index in [-0.39, 0.29) is 29.3 Å². The first-order valence-corrected chi connectivity index (χ1v) is 11.2. The number of anilines is 1. The van der Waals surface area contributed by atoms with E-state index >= 15 is 0 Å². The molecule has 2 aromatic carbocycles. The highest BCUT2D eigenvalue weighted by Gasteiger charge is 2.23. The number of thiophene rings is 1. The lowest BCUT2D eigenvalue weighted by Gasteiger charge is -2.10. The average Bonchev–Trinajstić information content (AvgIpc) is 3.23. The predicted molar refractivity (Wildman–Crippen MR) is 127 cm³/mol. The second kappa shape index (κ2) is 9.85. The molecule has 0 radical (unpaired) electrons. The molecular weight excluding hydrogens is 466 g/mol. The molecule has 2 heterocycles. The monoisotopic (exact) mass is 483 g/mol. The molecule has 0 saturated heterocycles. The molecule has 0 aliphatic rings. The minimum atomic E-state index is -0.679. The standard InChI is InChI=1S/C23H18ClN3O5S/c1-2-31-23(30)20-17-13-33-21(25-18(28)12-32-16-9-4-3-5-10-16)19(17)22(29)27(26-20)15-8-6-7-14(24)11-15/h3-11,13H,2,12H2,1H3,(H,25,28). The lowest BCUT2D eigenvalue weighted by molar-refractivity contribution is -0.118. The fourth-order valence-corrected chi connectivity index (χ4v) is 4.24. The molecule has 33 heavy (non-hydrogen) atoms. The van der Waals surface area contributed by atoms with Gasteiger partial charge >= 0.3 is 5.97 Å². The van der Waals surface area contributed by atoms with E-state index in [1.54, 1.807) is 60.8 Å². The fourth-order valence-electron chi connectivity index (χ4n) is 3.10. The molecule has 0 saturated carbocycles. The normalized spacial score (nSPS) is 10.7. The molecule has 0 bridgehead atoms. The Morgan fingerprint density at radius 3 is 2.67 bits per heavy atom. The molecule has 0 unspecified atom stereocenters. The van der Waals surface area contributed by atoms with Crippen molar-refractivity contribution in [2.45, 2.75) is 6.92 Å². The van der Waals surface area contributed by atoms with Gasteiger partial charge in [0.25, 0.3) is 11.5 Å². The van der Waals surface area contributed by atoms with Crippen LogP contribution in [0.2, 0.25) is 5.02 Å². The van der Waals surface area contributed by atoms with Crippen LogP contribution in [0, 0.1) is 0 Å². The molecule has 4 aromatic rings. The van der Waals surface area contributed by atoms with Crippen LogP contribution in [0.1, 0.15) is 17.4 Å². The second-order valence-corrected chi connectivity index (χ2v) is 8.09. The number of aromatic nitrogens is 2. The largest absolute Gasteiger partial charge is 0.484 e. The number of rotatable bonds is 7. The molecule has 8 nitrogen and oxygen atoms in total. The van der Waals surface area contributed by atoms with Crippen LogP contribution in [0.15, 0.2) is 64.8 Å². The molecular formula is C23H18ClN3O5S. The Balaban J connectivity index is 1.74. The number of carbonyl (C=O) groups is 2. The molecule has 1 amide bonds. The van der Waals surface area contributed by atoms with Gasteiger partial charge in [0, 0.05) is 15.8 Å². The first-order chi connectivity index (χ1) is 16.0. The maximum absolute atomic E-state index is 13.3. The number of amides is 1. The molecule has 0 aliphatic heterocycles. The van der Waals surface area contributed by atoms with Gasteiger partial charge in [-0.3, -0.25) is 9.59 Å². The number of ether oxygens (including phenoxy) is 2. The van der Waals surface area contributed by atoms with Gasteiger partial charge in [-0.2, -0.15) is 9.78 Å². The summed E-state index contributed by atoms with van der Waals surface area (Å²) in [6.45, 7) is 1.57. The molecule has 0 atom stereocenters. The average molecular weight is 484 g/mol. The van der Waals surface area contributed by atoms with E-state index in [1.165, 1.54) is 0 Å². The summed E-state index contributed by atoms with van der Waals surface area (Å²) in [6.07, 6.45) is 0. The molecule has 0 fully saturated rings. The van der Waals surface area contributed by atoms with Crippen LogP contribution in [0.5, 0.6) is 5.75 Å². The van der Waals surface area contributed by atoms with E-state index in [9.17, 15) is 14.4 Å². The summed E-state index contributed by atoms with van der Waals surface area (Å²) in [5.74, 6) is -0.590. The van der Waals surface area contributed by atoms with Crippen LogP contribution >= 0.6 is 22.9 Å². The minimum Gasteiger partial charge on any atom is -0.484 e. The van der Waals surface area contributed by atoms with E-state index in [1.807, 2.05) is 6.07 Å². The van der Waals surface area contributed by atoms with Gasteiger partial charge in [-0.25, -0.2) is 4.79 Å². The van der Waals surface area contributed by atoms with E-state index < -0.39 is 17.4 Å². The first kappa shape index (κ1) is 22.5. The number of para-hydroxylation sites is 1. The highest BCUT2D eigenvalue weighted by atomic mass is 35.5. The summed E-state index contributed by atoms with van der Waals surface area (Å²) < 4.78 is 11.7. The summed E-state index contributed by atoms with van der Waals surface area (Å²) in [7, 11) is 0. The fraction of sp³-hybridized carbons (Fsp3) is 0.130. The van der Waals surface area contributed by atoms with Crippen molar-refractivity contribution in [1.82, 2.24) is 9.78 Å². The zero-order chi connectivity index (χ0) is 23.4. The Morgan fingerprint density at radius 2 is 1.94 bits per heavy atom. The van der Waals surface area contributed by atoms with Crippen molar-refractivity contribution in [1.29, 1.82) is 0 Å². The maximum atomic E-state index is 13.3. The molecule has 0 spiro atoms. The maximum Gasteiger partial charge on any atom is 0.359 e. The Morgan fingerprint density at radius 1 is 1.15 bits per heavy atom. The highest BCUT2D eigenvalue weighted by molar-refractivity contribution is 7.16. The van der Waals surface area contributed by atoms with Gasteiger partial charge in [0.1, 0.15) is 10.8 Å². The number of hydrogen-bond acceptors (Lipinski definition) is 7. The van der Waals surface area contributed by atoms with Gasteiger partial charge in [0.05, 0.1) is 17.7 Å². The number of fused-ring (bicyclic) bond motifs is 1. The van der Waals surface area contributed by atoms with Crippen molar-refractivity contribution in [3.63, 3.8) is 0 Å². The predicted octanol–water partition coefficient (Wildman–Crippen LogP) is 4.29. The van der Waals surface area contributed by atoms with E-state index in [0.29, 0.717) is 21.8 Å². The molecule has 0 aliphatic carbocycles. The third-order valence-electron chi connectivity index (χ3n) is 4.54. The summed E-state index contributed by atoms with van der Waals surface area (Å²) >= 11 is 7.19. The van der Waals surface area contributed by atoms with E-state index in [2.05, 4.69) is 10.4 Å². The van der Waals surface area contributed by atoms with Crippen molar-refractivity contribution in [3.8, 4) is 11.4 Å². The van der Waals surface area contributed by atoms with Crippen LogP contribution in [0.25, 0.3) is 16.5 Å². The topological polar surface area (TPSA) is 99.5 Å². The quantitative estimate of drug-likeness (QED) is 0.393. The van der Waals surface area contributed by atoms with Crippen molar-refractivity contribution >= 4 is 50.6 Å². The third kappa shape index (κ3) is 4.89. The number of nitrogens with zero attached hydrogens (tertiary/aromatic N) is 2. The molecule has 10 heteroatoms. The zero-order valence-electron chi connectivity index (χ0n) is 17.4.